The molecule has 1 atom stereocenters. The van der Waals surface area contributed by atoms with Crippen LogP contribution in [-0.4, -0.2) is 29.7 Å². The molecule has 1 aromatic rings. The molecule has 0 aromatic heterocycles. The van der Waals surface area contributed by atoms with E-state index in [0.717, 1.165) is 12.1 Å². The summed E-state index contributed by atoms with van der Waals surface area (Å²) in [5, 5.41) is 11.2. The highest BCUT2D eigenvalue weighted by molar-refractivity contribution is 5.84. The monoisotopic (exact) mass is 303 g/mol. The Morgan fingerprint density at radius 3 is 2.52 bits per heavy atom. The summed E-state index contributed by atoms with van der Waals surface area (Å²) in [6, 6.07) is 1.65. The van der Waals surface area contributed by atoms with Crippen LogP contribution < -0.4 is 5.32 Å². The standard InChI is InChI=1S/C14H16F3NO3/c15-6-2-1-3-12(14(20)21)18-13(19)7-9-4-5-10(16)8-11(9)17/h4-5,8,12H,1-3,6-7H2,(H,18,19)(H,20,21)/t12-/m0/s1. The molecule has 0 saturated carbocycles. The summed E-state index contributed by atoms with van der Waals surface area (Å²) < 4.78 is 38.1. The van der Waals surface area contributed by atoms with Gasteiger partial charge < -0.3 is 10.4 Å². The molecule has 0 saturated heterocycles. The number of carbonyl (C=O) groups is 2. The third-order valence-corrected chi connectivity index (χ3v) is 2.88. The van der Waals surface area contributed by atoms with E-state index in [1.54, 1.807) is 0 Å². The van der Waals surface area contributed by atoms with Crippen LogP contribution in [0.5, 0.6) is 0 Å². The Balaban J connectivity index is 2.59. The molecule has 0 aliphatic heterocycles. The summed E-state index contributed by atoms with van der Waals surface area (Å²) >= 11 is 0. The van der Waals surface area contributed by atoms with Crippen LogP contribution in [0.2, 0.25) is 0 Å². The van der Waals surface area contributed by atoms with E-state index in [4.69, 9.17) is 5.11 Å². The number of amides is 1. The van der Waals surface area contributed by atoms with Gasteiger partial charge in [-0.25, -0.2) is 13.6 Å². The highest BCUT2D eigenvalue weighted by atomic mass is 19.1. The van der Waals surface area contributed by atoms with Crippen molar-refractivity contribution in [3.63, 3.8) is 0 Å². The van der Waals surface area contributed by atoms with Crippen molar-refractivity contribution in [2.75, 3.05) is 6.67 Å². The summed E-state index contributed by atoms with van der Waals surface area (Å²) in [7, 11) is 0. The summed E-state index contributed by atoms with van der Waals surface area (Å²) in [5.74, 6) is -3.55. The summed E-state index contributed by atoms with van der Waals surface area (Å²) in [5.41, 5.74) is -0.0261. The van der Waals surface area contributed by atoms with Crippen LogP contribution in [0.1, 0.15) is 24.8 Å². The molecule has 2 N–H and O–H groups in total. The fourth-order valence-corrected chi connectivity index (χ4v) is 1.78. The zero-order valence-electron chi connectivity index (χ0n) is 11.2. The third-order valence-electron chi connectivity index (χ3n) is 2.88. The van der Waals surface area contributed by atoms with E-state index in [2.05, 4.69) is 5.32 Å². The van der Waals surface area contributed by atoms with Crippen molar-refractivity contribution in [1.29, 1.82) is 0 Å². The molecule has 1 aromatic carbocycles. The average molecular weight is 303 g/mol. The van der Waals surface area contributed by atoms with E-state index in [0.29, 0.717) is 12.5 Å². The predicted octanol–water partition coefficient (Wildman–Crippen LogP) is 2.22. The molecule has 0 spiro atoms. The number of benzene rings is 1. The van der Waals surface area contributed by atoms with Gasteiger partial charge in [-0.15, -0.1) is 0 Å². The minimum absolute atomic E-state index is 0.0261. The van der Waals surface area contributed by atoms with Gasteiger partial charge in [0.2, 0.25) is 5.91 Å². The van der Waals surface area contributed by atoms with Gasteiger partial charge in [-0.3, -0.25) is 9.18 Å². The van der Waals surface area contributed by atoms with Crippen molar-refractivity contribution < 1.29 is 27.9 Å². The molecule has 1 amide bonds. The molecule has 0 heterocycles. The summed E-state index contributed by atoms with van der Waals surface area (Å²) in [6.07, 6.45) is 0.237. The largest absolute Gasteiger partial charge is 0.480 e. The molecule has 0 bridgehead atoms. The van der Waals surface area contributed by atoms with E-state index >= 15 is 0 Å². The zero-order chi connectivity index (χ0) is 15.8. The number of hydrogen-bond donors (Lipinski definition) is 2. The number of carbonyl (C=O) groups excluding carboxylic acids is 1. The second kappa shape index (κ2) is 8.28. The molecule has 1 rings (SSSR count). The first-order valence-electron chi connectivity index (χ1n) is 6.46. The molecule has 0 unspecified atom stereocenters. The Kier molecular flexibility index (Phi) is 6.71. The van der Waals surface area contributed by atoms with Crippen LogP contribution in [0.3, 0.4) is 0 Å². The van der Waals surface area contributed by atoms with Gasteiger partial charge in [0, 0.05) is 6.07 Å². The van der Waals surface area contributed by atoms with Gasteiger partial charge in [0.25, 0.3) is 0 Å². The first kappa shape index (κ1) is 17.0. The van der Waals surface area contributed by atoms with Crippen molar-refractivity contribution in [3.05, 3.63) is 35.4 Å². The maximum absolute atomic E-state index is 13.4. The van der Waals surface area contributed by atoms with Gasteiger partial charge in [-0.05, 0) is 30.9 Å². The Morgan fingerprint density at radius 1 is 1.24 bits per heavy atom. The maximum Gasteiger partial charge on any atom is 0.326 e. The molecule has 0 radical (unpaired) electrons. The van der Waals surface area contributed by atoms with E-state index < -0.39 is 36.2 Å². The second-order valence-corrected chi connectivity index (χ2v) is 4.56. The van der Waals surface area contributed by atoms with Gasteiger partial charge in [-0.1, -0.05) is 6.07 Å². The average Bonchev–Trinajstić information content (AvgIpc) is 2.41. The smallest absolute Gasteiger partial charge is 0.326 e. The van der Waals surface area contributed by atoms with Crippen molar-refractivity contribution >= 4 is 11.9 Å². The predicted molar refractivity (Wildman–Crippen MR) is 69.5 cm³/mol. The lowest BCUT2D eigenvalue weighted by molar-refractivity contribution is -0.142. The highest BCUT2D eigenvalue weighted by Gasteiger charge is 2.20. The van der Waals surface area contributed by atoms with Gasteiger partial charge in [0.1, 0.15) is 17.7 Å². The van der Waals surface area contributed by atoms with Gasteiger partial charge >= 0.3 is 5.97 Å². The molecule has 7 heteroatoms. The van der Waals surface area contributed by atoms with Crippen LogP contribution >= 0.6 is 0 Å². The van der Waals surface area contributed by atoms with Crippen molar-refractivity contribution in [1.82, 2.24) is 5.32 Å². The van der Waals surface area contributed by atoms with Crippen LogP contribution in [0.15, 0.2) is 18.2 Å². The molecule has 0 fully saturated rings. The highest BCUT2D eigenvalue weighted by Crippen LogP contribution is 2.10. The third kappa shape index (κ3) is 5.85. The van der Waals surface area contributed by atoms with E-state index in [1.165, 1.54) is 0 Å². The van der Waals surface area contributed by atoms with Gasteiger partial charge in [-0.2, -0.15) is 0 Å². The molecule has 4 nitrogen and oxygen atoms in total. The SMILES string of the molecule is O=C(Cc1ccc(F)cc1F)N[C@@H](CCCCF)C(=O)O. The lowest BCUT2D eigenvalue weighted by Gasteiger charge is -2.14. The number of nitrogens with one attached hydrogen (secondary N) is 1. The van der Waals surface area contributed by atoms with Crippen LogP contribution in [0.25, 0.3) is 0 Å². The maximum atomic E-state index is 13.4. The van der Waals surface area contributed by atoms with E-state index in [-0.39, 0.29) is 24.8 Å². The fraction of sp³-hybridized carbons (Fsp3) is 0.429. The van der Waals surface area contributed by atoms with Crippen molar-refractivity contribution in [3.8, 4) is 0 Å². The van der Waals surface area contributed by atoms with Gasteiger partial charge in [0.15, 0.2) is 0 Å². The van der Waals surface area contributed by atoms with Crippen LogP contribution in [0.4, 0.5) is 13.2 Å². The minimum atomic E-state index is -1.23. The topological polar surface area (TPSA) is 66.4 Å². The number of unbranched alkanes of at least 4 members (excludes halogenated alkanes) is 1. The lowest BCUT2D eigenvalue weighted by atomic mass is 10.1. The fourth-order valence-electron chi connectivity index (χ4n) is 1.78. The lowest BCUT2D eigenvalue weighted by Crippen LogP contribution is -2.41. The molecular weight excluding hydrogens is 287 g/mol. The zero-order valence-corrected chi connectivity index (χ0v) is 11.2. The van der Waals surface area contributed by atoms with Gasteiger partial charge in [0.05, 0.1) is 13.1 Å². The molecule has 0 aliphatic carbocycles. The minimum Gasteiger partial charge on any atom is -0.480 e. The number of alkyl halides is 1. The Bertz CT molecular complexity index is 508. The van der Waals surface area contributed by atoms with E-state index in [9.17, 15) is 22.8 Å². The molecule has 21 heavy (non-hydrogen) atoms. The number of halogens is 3. The normalized spacial score (nSPS) is 12.0. The van der Waals surface area contributed by atoms with Crippen molar-refractivity contribution in [2.45, 2.75) is 31.7 Å². The molecular formula is C14H16F3NO3. The number of carboxylic acid groups (broad SMARTS) is 1. The van der Waals surface area contributed by atoms with Crippen LogP contribution in [-0.2, 0) is 16.0 Å². The molecule has 0 aliphatic rings. The Hall–Kier alpha value is -2.05. The summed E-state index contributed by atoms with van der Waals surface area (Å²) in [6.45, 7) is -0.554. The van der Waals surface area contributed by atoms with Crippen LogP contribution in [0, 0.1) is 11.6 Å². The summed E-state index contributed by atoms with van der Waals surface area (Å²) in [4.78, 5) is 22.6. The number of aliphatic carboxylic acids is 1. The Labute approximate surface area is 120 Å². The number of rotatable bonds is 8. The molecule has 116 valence electrons. The first-order valence-corrected chi connectivity index (χ1v) is 6.46. The number of carboxylic acids is 1. The van der Waals surface area contributed by atoms with E-state index in [1.807, 2.05) is 0 Å². The first-order chi connectivity index (χ1) is 9.93. The number of hydrogen-bond acceptors (Lipinski definition) is 2. The second-order valence-electron chi connectivity index (χ2n) is 4.56. The Morgan fingerprint density at radius 2 is 1.95 bits per heavy atom. The van der Waals surface area contributed by atoms with Crippen molar-refractivity contribution in [2.24, 2.45) is 0 Å². The quantitative estimate of drug-likeness (QED) is 0.724.